The zero-order valence-electron chi connectivity index (χ0n) is 16.0. The summed E-state index contributed by atoms with van der Waals surface area (Å²) in [6.45, 7) is 5.19. The molecule has 1 heterocycles. The van der Waals surface area contributed by atoms with Gasteiger partial charge in [0.05, 0.1) is 35.8 Å². The maximum Gasteiger partial charge on any atom is 0.297 e. The van der Waals surface area contributed by atoms with Gasteiger partial charge in [0, 0.05) is 0 Å². The van der Waals surface area contributed by atoms with Crippen LogP contribution in [0.3, 0.4) is 0 Å². The first-order chi connectivity index (χ1) is 13.7. The normalized spacial score (nSPS) is 10.8. The molecule has 4 rings (SSSR count). The van der Waals surface area contributed by atoms with E-state index in [4.69, 9.17) is 4.74 Å². The van der Waals surface area contributed by atoms with E-state index in [1.165, 1.54) is 0 Å². The highest BCUT2D eigenvalue weighted by Gasteiger charge is 2.15. The molecule has 0 amide bonds. The molecule has 4 heteroatoms. The monoisotopic (exact) mass is 367 g/mol. The Morgan fingerprint density at radius 1 is 1.04 bits per heavy atom. The van der Waals surface area contributed by atoms with Crippen molar-refractivity contribution in [1.82, 2.24) is 9.55 Å². The lowest BCUT2D eigenvalue weighted by molar-refractivity contribution is 0.301. The molecule has 0 N–H and O–H groups in total. The summed E-state index contributed by atoms with van der Waals surface area (Å²) in [6, 6.07) is 25.1. The summed E-state index contributed by atoms with van der Waals surface area (Å²) >= 11 is 0. The Hall–Kier alpha value is -3.58. The Morgan fingerprint density at radius 2 is 1.86 bits per heavy atom. The standard InChI is InChI=1S/C24H21N3O/c1-3-28-24-26-22-11-7-8-17(2)23(22)27(24)16-18-12-13-21(20(14-18)15-25)19-9-5-4-6-10-19/h4-14H,3,16H2,1-2H3. The van der Waals surface area contributed by atoms with Gasteiger partial charge in [-0.1, -0.05) is 54.6 Å². The van der Waals surface area contributed by atoms with Crippen molar-refractivity contribution in [2.24, 2.45) is 0 Å². The van der Waals surface area contributed by atoms with Crippen molar-refractivity contribution >= 4 is 11.0 Å². The van der Waals surface area contributed by atoms with Gasteiger partial charge in [-0.2, -0.15) is 10.2 Å². The first-order valence-corrected chi connectivity index (χ1v) is 9.38. The molecule has 0 unspecified atom stereocenters. The highest BCUT2D eigenvalue weighted by Crippen LogP contribution is 2.28. The number of hydrogen-bond acceptors (Lipinski definition) is 3. The van der Waals surface area contributed by atoms with Gasteiger partial charge in [0.2, 0.25) is 0 Å². The minimum atomic E-state index is 0.554. The molecule has 0 saturated carbocycles. The smallest absolute Gasteiger partial charge is 0.297 e. The molecule has 0 bridgehead atoms. The van der Waals surface area contributed by atoms with Gasteiger partial charge in [0.1, 0.15) is 0 Å². The highest BCUT2D eigenvalue weighted by atomic mass is 16.5. The van der Waals surface area contributed by atoms with E-state index in [1.54, 1.807) is 0 Å². The molecule has 0 radical (unpaired) electrons. The minimum Gasteiger partial charge on any atom is -0.465 e. The van der Waals surface area contributed by atoms with Crippen molar-refractivity contribution in [1.29, 1.82) is 5.26 Å². The summed E-state index contributed by atoms with van der Waals surface area (Å²) < 4.78 is 7.88. The number of fused-ring (bicyclic) bond motifs is 1. The maximum absolute atomic E-state index is 9.69. The largest absolute Gasteiger partial charge is 0.465 e. The summed E-state index contributed by atoms with van der Waals surface area (Å²) in [5, 5.41) is 9.69. The Labute approximate surface area is 164 Å². The number of hydrogen-bond donors (Lipinski definition) is 0. The second-order valence-electron chi connectivity index (χ2n) is 6.71. The molecule has 0 saturated heterocycles. The Balaban J connectivity index is 1.78. The molecule has 0 aliphatic rings. The molecule has 4 nitrogen and oxygen atoms in total. The average molecular weight is 367 g/mol. The molecule has 3 aromatic carbocycles. The van der Waals surface area contributed by atoms with Crippen LogP contribution in [-0.4, -0.2) is 16.2 Å². The average Bonchev–Trinajstić information content (AvgIpc) is 3.07. The van der Waals surface area contributed by atoms with Crippen molar-refractivity contribution < 1.29 is 4.74 Å². The van der Waals surface area contributed by atoms with Gasteiger partial charge in [0.15, 0.2) is 0 Å². The van der Waals surface area contributed by atoms with E-state index in [1.807, 2.05) is 61.5 Å². The number of aryl methyl sites for hydroxylation is 1. The number of nitriles is 1. The van der Waals surface area contributed by atoms with Crippen molar-refractivity contribution in [3.63, 3.8) is 0 Å². The van der Waals surface area contributed by atoms with E-state index in [0.29, 0.717) is 24.7 Å². The number of imidazole rings is 1. The molecule has 0 aliphatic heterocycles. The van der Waals surface area contributed by atoms with Gasteiger partial charge in [0.25, 0.3) is 6.01 Å². The van der Waals surface area contributed by atoms with Gasteiger partial charge in [-0.25, -0.2) is 0 Å². The molecule has 4 aromatic rings. The fourth-order valence-corrected chi connectivity index (χ4v) is 3.56. The molecule has 0 spiro atoms. The van der Waals surface area contributed by atoms with E-state index in [2.05, 4.69) is 34.7 Å². The van der Waals surface area contributed by atoms with E-state index in [9.17, 15) is 5.26 Å². The van der Waals surface area contributed by atoms with E-state index in [0.717, 1.165) is 33.3 Å². The topological polar surface area (TPSA) is 50.8 Å². The summed E-state index contributed by atoms with van der Waals surface area (Å²) in [5.74, 6) is 0. The van der Waals surface area contributed by atoms with E-state index < -0.39 is 0 Å². The van der Waals surface area contributed by atoms with Crippen LogP contribution in [-0.2, 0) is 6.54 Å². The number of ether oxygens (including phenoxy) is 1. The molecule has 0 atom stereocenters. The number of aromatic nitrogens is 2. The molecule has 138 valence electrons. The number of para-hydroxylation sites is 1. The molecular formula is C24H21N3O. The van der Waals surface area contributed by atoms with Crippen LogP contribution >= 0.6 is 0 Å². The van der Waals surface area contributed by atoms with Gasteiger partial charge in [-0.05, 0) is 48.2 Å². The van der Waals surface area contributed by atoms with Gasteiger partial charge >= 0.3 is 0 Å². The second-order valence-corrected chi connectivity index (χ2v) is 6.71. The lowest BCUT2D eigenvalue weighted by Gasteiger charge is -2.12. The SMILES string of the molecule is CCOc1nc2cccc(C)c2n1Cc1ccc(-c2ccccc2)c(C#N)c1. The van der Waals surface area contributed by atoms with Crippen molar-refractivity contribution in [3.05, 3.63) is 83.4 Å². The molecular weight excluding hydrogens is 346 g/mol. The van der Waals surface area contributed by atoms with Crippen LogP contribution in [0.1, 0.15) is 23.6 Å². The van der Waals surface area contributed by atoms with Gasteiger partial charge in [-0.15, -0.1) is 0 Å². The summed E-state index contributed by atoms with van der Waals surface area (Å²) in [4.78, 5) is 4.64. The van der Waals surface area contributed by atoms with Crippen molar-refractivity contribution in [3.8, 4) is 23.2 Å². The van der Waals surface area contributed by atoms with Crippen LogP contribution in [0.4, 0.5) is 0 Å². The van der Waals surface area contributed by atoms with Crippen LogP contribution in [0.15, 0.2) is 66.7 Å². The zero-order valence-corrected chi connectivity index (χ0v) is 16.0. The van der Waals surface area contributed by atoms with Crippen molar-refractivity contribution in [2.45, 2.75) is 20.4 Å². The van der Waals surface area contributed by atoms with E-state index in [-0.39, 0.29) is 0 Å². The molecule has 0 aliphatic carbocycles. The van der Waals surface area contributed by atoms with Crippen LogP contribution in [0, 0.1) is 18.3 Å². The minimum absolute atomic E-state index is 0.554. The predicted molar refractivity (Wildman–Crippen MR) is 111 cm³/mol. The fraction of sp³-hybridized carbons (Fsp3) is 0.167. The fourth-order valence-electron chi connectivity index (χ4n) is 3.56. The van der Waals surface area contributed by atoms with Crippen LogP contribution in [0.2, 0.25) is 0 Å². The third-order valence-electron chi connectivity index (χ3n) is 4.84. The van der Waals surface area contributed by atoms with Crippen LogP contribution in [0.5, 0.6) is 6.01 Å². The van der Waals surface area contributed by atoms with Gasteiger partial charge in [-0.3, -0.25) is 4.57 Å². The molecule has 0 fully saturated rings. The Bertz CT molecular complexity index is 1170. The van der Waals surface area contributed by atoms with Crippen LogP contribution < -0.4 is 4.74 Å². The second kappa shape index (κ2) is 7.58. The third kappa shape index (κ3) is 3.23. The first kappa shape index (κ1) is 17.8. The number of rotatable bonds is 5. The number of nitrogens with zero attached hydrogens (tertiary/aromatic N) is 3. The quantitative estimate of drug-likeness (QED) is 0.479. The van der Waals surface area contributed by atoms with Gasteiger partial charge < -0.3 is 4.74 Å². The summed E-state index contributed by atoms with van der Waals surface area (Å²) in [7, 11) is 0. The lowest BCUT2D eigenvalue weighted by Crippen LogP contribution is -2.06. The highest BCUT2D eigenvalue weighted by molar-refractivity contribution is 5.80. The lowest BCUT2D eigenvalue weighted by atomic mass is 9.98. The van der Waals surface area contributed by atoms with Crippen molar-refractivity contribution in [2.75, 3.05) is 6.61 Å². The Morgan fingerprint density at radius 3 is 2.61 bits per heavy atom. The summed E-state index contributed by atoms with van der Waals surface area (Å²) in [5.41, 5.74) is 6.84. The molecule has 1 aromatic heterocycles. The summed E-state index contributed by atoms with van der Waals surface area (Å²) in [6.07, 6.45) is 0. The zero-order chi connectivity index (χ0) is 19.5. The predicted octanol–water partition coefficient (Wildman–Crippen LogP) is 5.33. The Kier molecular flexibility index (Phi) is 4.82. The maximum atomic E-state index is 9.69. The number of benzene rings is 3. The van der Waals surface area contributed by atoms with Crippen LogP contribution in [0.25, 0.3) is 22.2 Å². The first-order valence-electron chi connectivity index (χ1n) is 9.38. The molecule has 28 heavy (non-hydrogen) atoms. The third-order valence-corrected chi connectivity index (χ3v) is 4.84. The van der Waals surface area contributed by atoms with E-state index >= 15 is 0 Å².